The Kier molecular flexibility index (Phi) is 6.26. The number of carbonyl (C=O) groups excluding carboxylic acids is 1. The molecule has 1 heterocycles. The molecule has 0 saturated carbocycles. The summed E-state index contributed by atoms with van der Waals surface area (Å²) in [4.78, 5) is 12.6. The van der Waals surface area contributed by atoms with Crippen molar-refractivity contribution in [1.29, 1.82) is 0 Å². The first-order valence-electron chi connectivity index (χ1n) is 9.66. The number of nitrogens with one attached hydrogen (secondary N) is 2. The maximum atomic E-state index is 12.6. The van der Waals surface area contributed by atoms with E-state index in [0.29, 0.717) is 11.7 Å². The summed E-state index contributed by atoms with van der Waals surface area (Å²) in [5.41, 5.74) is 4.10. The fraction of sp³-hybridized carbons (Fsp3) is 0.304. The van der Waals surface area contributed by atoms with Crippen molar-refractivity contribution < 1.29 is 4.79 Å². The first kappa shape index (κ1) is 19.8. The monoisotopic (exact) mass is 376 g/mol. The van der Waals surface area contributed by atoms with Crippen molar-refractivity contribution >= 4 is 11.7 Å². The van der Waals surface area contributed by atoms with Gasteiger partial charge in [0.1, 0.15) is 5.82 Å². The number of rotatable bonds is 7. The Morgan fingerprint density at radius 2 is 1.71 bits per heavy atom. The van der Waals surface area contributed by atoms with Crippen LogP contribution in [0, 0.1) is 19.8 Å². The molecule has 1 amide bonds. The van der Waals surface area contributed by atoms with Crippen LogP contribution in [0.4, 0.5) is 5.82 Å². The highest BCUT2D eigenvalue weighted by atomic mass is 16.2. The highest BCUT2D eigenvalue weighted by molar-refractivity contribution is 5.91. The molecule has 5 heteroatoms. The van der Waals surface area contributed by atoms with Crippen LogP contribution in [-0.2, 0) is 4.79 Å². The number of para-hydroxylation sites is 1. The number of hydrogen-bond donors (Lipinski definition) is 2. The second-order valence-corrected chi connectivity index (χ2v) is 7.43. The lowest BCUT2D eigenvalue weighted by Gasteiger charge is -2.22. The normalized spacial score (nSPS) is 12.2. The van der Waals surface area contributed by atoms with Crippen molar-refractivity contribution in [2.75, 3.05) is 11.9 Å². The van der Waals surface area contributed by atoms with Gasteiger partial charge in [0.2, 0.25) is 5.91 Å². The van der Waals surface area contributed by atoms with Gasteiger partial charge in [0.05, 0.1) is 17.9 Å². The van der Waals surface area contributed by atoms with Crippen LogP contribution >= 0.6 is 0 Å². The summed E-state index contributed by atoms with van der Waals surface area (Å²) in [5.74, 6) is 0.964. The van der Waals surface area contributed by atoms with E-state index in [1.807, 2.05) is 62.4 Å². The number of aromatic nitrogens is 2. The summed E-state index contributed by atoms with van der Waals surface area (Å²) in [6, 6.07) is 20.2. The lowest BCUT2D eigenvalue weighted by atomic mass is 9.96. The summed E-state index contributed by atoms with van der Waals surface area (Å²) < 4.78 is 1.79. The molecule has 0 unspecified atom stereocenters. The fourth-order valence-electron chi connectivity index (χ4n) is 3.36. The topological polar surface area (TPSA) is 59.0 Å². The number of nitrogens with zero attached hydrogens (tertiary/aromatic N) is 2. The quantitative estimate of drug-likeness (QED) is 0.642. The molecule has 28 heavy (non-hydrogen) atoms. The average molecular weight is 377 g/mol. The summed E-state index contributed by atoms with van der Waals surface area (Å²) >= 11 is 0. The van der Waals surface area contributed by atoms with E-state index in [1.54, 1.807) is 4.68 Å². The van der Waals surface area contributed by atoms with E-state index in [2.05, 4.69) is 41.7 Å². The number of benzene rings is 2. The van der Waals surface area contributed by atoms with Crippen molar-refractivity contribution in [3.8, 4) is 5.69 Å². The molecule has 0 fully saturated rings. The molecule has 5 nitrogen and oxygen atoms in total. The Balaban J connectivity index is 1.71. The van der Waals surface area contributed by atoms with Crippen LogP contribution in [0.1, 0.15) is 36.7 Å². The SMILES string of the molecule is Cc1cc(NC(=O)CN[C@H](c2ccccc2)C(C)C)n(-c2ccccc2C)n1. The van der Waals surface area contributed by atoms with Gasteiger partial charge in [-0.1, -0.05) is 62.4 Å². The zero-order valence-corrected chi connectivity index (χ0v) is 16.9. The van der Waals surface area contributed by atoms with E-state index in [1.165, 1.54) is 5.56 Å². The molecule has 2 N–H and O–H groups in total. The van der Waals surface area contributed by atoms with Gasteiger partial charge in [-0.15, -0.1) is 0 Å². The Morgan fingerprint density at radius 1 is 1.04 bits per heavy atom. The van der Waals surface area contributed by atoms with Gasteiger partial charge in [0, 0.05) is 12.1 Å². The van der Waals surface area contributed by atoms with Gasteiger partial charge in [0.25, 0.3) is 0 Å². The molecule has 3 aromatic rings. The highest BCUT2D eigenvalue weighted by Crippen LogP contribution is 2.22. The van der Waals surface area contributed by atoms with Crippen molar-refractivity contribution in [2.45, 2.75) is 33.7 Å². The molecule has 3 rings (SSSR count). The molecule has 1 atom stereocenters. The summed E-state index contributed by atoms with van der Waals surface area (Å²) in [6.45, 7) is 8.49. The van der Waals surface area contributed by atoms with Crippen LogP contribution in [0.15, 0.2) is 60.7 Å². The Morgan fingerprint density at radius 3 is 2.39 bits per heavy atom. The predicted octanol–water partition coefficient (Wildman–Crippen LogP) is 4.41. The van der Waals surface area contributed by atoms with Crippen molar-refractivity contribution in [1.82, 2.24) is 15.1 Å². The van der Waals surface area contributed by atoms with Gasteiger partial charge >= 0.3 is 0 Å². The minimum Gasteiger partial charge on any atom is -0.309 e. The van der Waals surface area contributed by atoms with Crippen LogP contribution in [0.2, 0.25) is 0 Å². The Labute approximate surface area is 166 Å². The van der Waals surface area contributed by atoms with Crippen LogP contribution in [-0.4, -0.2) is 22.2 Å². The van der Waals surface area contributed by atoms with Gasteiger partial charge in [-0.2, -0.15) is 5.10 Å². The molecule has 0 aliphatic heterocycles. The lowest BCUT2D eigenvalue weighted by molar-refractivity contribution is -0.115. The number of aryl methyl sites for hydroxylation is 2. The zero-order valence-electron chi connectivity index (χ0n) is 16.9. The second kappa shape index (κ2) is 8.85. The fourth-order valence-corrected chi connectivity index (χ4v) is 3.36. The predicted molar refractivity (Wildman–Crippen MR) is 114 cm³/mol. The van der Waals surface area contributed by atoms with Gasteiger partial charge in [-0.3, -0.25) is 4.79 Å². The minimum atomic E-state index is -0.0867. The van der Waals surface area contributed by atoms with E-state index < -0.39 is 0 Å². The van der Waals surface area contributed by atoms with Gasteiger partial charge in [-0.25, -0.2) is 4.68 Å². The van der Waals surface area contributed by atoms with E-state index in [9.17, 15) is 4.79 Å². The summed E-state index contributed by atoms with van der Waals surface area (Å²) in [5, 5.41) is 10.9. The third-order valence-corrected chi connectivity index (χ3v) is 4.75. The van der Waals surface area contributed by atoms with E-state index in [4.69, 9.17) is 0 Å². The van der Waals surface area contributed by atoms with Crippen molar-refractivity contribution in [3.63, 3.8) is 0 Å². The second-order valence-electron chi connectivity index (χ2n) is 7.43. The number of amides is 1. The molecular formula is C23H28N4O. The maximum Gasteiger partial charge on any atom is 0.239 e. The zero-order chi connectivity index (χ0) is 20.1. The van der Waals surface area contributed by atoms with Gasteiger partial charge in [-0.05, 0) is 37.0 Å². The first-order chi connectivity index (χ1) is 13.5. The molecule has 0 spiro atoms. The van der Waals surface area contributed by atoms with Crippen molar-refractivity contribution in [3.05, 3.63) is 77.5 Å². The smallest absolute Gasteiger partial charge is 0.239 e. The van der Waals surface area contributed by atoms with Gasteiger partial charge < -0.3 is 10.6 Å². The standard InChI is InChI=1S/C23H28N4O/c1-16(2)23(19-11-6-5-7-12-19)24-15-22(28)25-21-14-18(4)26-27(21)20-13-9-8-10-17(20)3/h5-14,16,23-24H,15H2,1-4H3,(H,25,28)/t23-/m0/s1. The molecular weight excluding hydrogens is 348 g/mol. The summed E-state index contributed by atoms with van der Waals surface area (Å²) in [6.07, 6.45) is 0. The molecule has 0 aliphatic rings. The first-order valence-corrected chi connectivity index (χ1v) is 9.66. The number of carbonyl (C=O) groups is 1. The van der Waals surface area contributed by atoms with Crippen LogP contribution in [0.25, 0.3) is 5.69 Å². The third kappa shape index (κ3) is 4.67. The van der Waals surface area contributed by atoms with Crippen LogP contribution in [0.5, 0.6) is 0 Å². The molecule has 2 aromatic carbocycles. The Bertz CT molecular complexity index is 931. The highest BCUT2D eigenvalue weighted by Gasteiger charge is 2.17. The third-order valence-electron chi connectivity index (χ3n) is 4.75. The molecule has 0 saturated heterocycles. The minimum absolute atomic E-state index is 0.0867. The Hall–Kier alpha value is -2.92. The molecule has 146 valence electrons. The molecule has 0 radical (unpaired) electrons. The largest absolute Gasteiger partial charge is 0.309 e. The number of hydrogen-bond acceptors (Lipinski definition) is 3. The maximum absolute atomic E-state index is 12.6. The van der Waals surface area contributed by atoms with Crippen LogP contribution < -0.4 is 10.6 Å². The average Bonchev–Trinajstić information content (AvgIpc) is 3.02. The molecule has 0 bridgehead atoms. The molecule has 0 aliphatic carbocycles. The van der Waals surface area contributed by atoms with Crippen molar-refractivity contribution in [2.24, 2.45) is 5.92 Å². The van der Waals surface area contributed by atoms with Gasteiger partial charge in [0.15, 0.2) is 0 Å². The van der Waals surface area contributed by atoms with E-state index >= 15 is 0 Å². The van der Waals surface area contributed by atoms with Crippen LogP contribution in [0.3, 0.4) is 0 Å². The van der Waals surface area contributed by atoms with E-state index in [0.717, 1.165) is 16.9 Å². The lowest BCUT2D eigenvalue weighted by Crippen LogP contribution is -2.34. The molecule has 1 aromatic heterocycles. The number of anilines is 1. The summed E-state index contributed by atoms with van der Waals surface area (Å²) in [7, 11) is 0. The van der Waals surface area contributed by atoms with E-state index in [-0.39, 0.29) is 18.5 Å².